The summed E-state index contributed by atoms with van der Waals surface area (Å²) >= 11 is 0. The second-order valence-electron chi connectivity index (χ2n) is 2.99. The van der Waals surface area contributed by atoms with Crippen LogP contribution in [0.5, 0.6) is 6.01 Å². The first-order valence-corrected chi connectivity index (χ1v) is 4.52. The third-order valence-electron chi connectivity index (χ3n) is 1.40. The fourth-order valence-electron chi connectivity index (χ4n) is 0.899. The number of ether oxygens (including phenoxy) is 2. The molecule has 1 heterocycles. The summed E-state index contributed by atoms with van der Waals surface area (Å²) in [6.07, 6.45) is 1.42. The van der Waals surface area contributed by atoms with Crippen LogP contribution in [-0.4, -0.2) is 28.6 Å². The van der Waals surface area contributed by atoms with E-state index in [0.717, 1.165) is 0 Å². The van der Waals surface area contributed by atoms with Crippen LogP contribution in [-0.2, 0) is 4.74 Å². The van der Waals surface area contributed by atoms with E-state index in [1.807, 2.05) is 13.8 Å². The number of hydrogen-bond donors (Lipinski definition) is 1. The van der Waals surface area contributed by atoms with Crippen molar-refractivity contribution in [2.45, 2.75) is 26.9 Å². The smallest absolute Gasteiger partial charge is 0.356 e. The van der Waals surface area contributed by atoms with Gasteiger partial charge in [0.1, 0.15) is 5.69 Å². The molecule has 0 amide bonds. The summed E-state index contributed by atoms with van der Waals surface area (Å²) < 4.78 is 10.0. The molecule has 0 aliphatic carbocycles. The Morgan fingerprint density at radius 2 is 2.36 bits per heavy atom. The topological polar surface area (TPSA) is 64.2 Å². The van der Waals surface area contributed by atoms with Crippen molar-refractivity contribution in [3.63, 3.8) is 0 Å². The lowest BCUT2D eigenvalue weighted by Crippen LogP contribution is -2.08. The van der Waals surface area contributed by atoms with Gasteiger partial charge >= 0.3 is 5.97 Å². The zero-order chi connectivity index (χ0) is 10.6. The van der Waals surface area contributed by atoms with Gasteiger partial charge in [0.05, 0.1) is 18.9 Å². The standard InChI is InChI=1S/C9H14N2O3/c1-4-13-8(12)7-5-10-9(11-7)14-6(2)3/h5-6H,4H2,1-3H3,(H,10,11). The maximum Gasteiger partial charge on any atom is 0.356 e. The van der Waals surface area contributed by atoms with Gasteiger partial charge in [-0.2, -0.15) is 0 Å². The fraction of sp³-hybridized carbons (Fsp3) is 0.556. The molecule has 1 aromatic rings. The zero-order valence-electron chi connectivity index (χ0n) is 8.53. The van der Waals surface area contributed by atoms with Crippen LogP contribution < -0.4 is 4.74 Å². The van der Waals surface area contributed by atoms with Crippen LogP contribution in [0.25, 0.3) is 0 Å². The van der Waals surface area contributed by atoms with Crippen LogP contribution in [0.4, 0.5) is 0 Å². The first-order valence-electron chi connectivity index (χ1n) is 4.52. The summed E-state index contributed by atoms with van der Waals surface area (Å²) in [6, 6.07) is 0.336. The average molecular weight is 198 g/mol. The number of aromatic amines is 1. The molecule has 0 saturated heterocycles. The summed E-state index contributed by atoms with van der Waals surface area (Å²) in [5, 5.41) is 0. The highest BCUT2D eigenvalue weighted by molar-refractivity contribution is 5.87. The van der Waals surface area contributed by atoms with Gasteiger partial charge in [0.25, 0.3) is 6.01 Å². The summed E-state index contributed by atoms with van der Waals surface area (Å²) in [5.74, 6) is -0.418. The second kappa shape index (κ2) is 4.64. The second-order valence-corrected chi connectivity index (χ2v) is 2.99. The largest absolute Gasteiger partial charge is 0.462 e. The van der Waals surface area contributed by atoms with Crippen molar-refractivity contribution in [1.82, 2.24) is 9.97 Å². The highest BCUT2D eigenvalue weighted by Gasteiger charge is 2.11. The number of imidazole rings is 1. The first kappa shape index (κ1) is 10.6. The molecule has 1 N–H and O–H groups in total. The molecule has 0 spiro atoms. The number of rotatable bonds is 4. The van der Waals surface area contributed by atoms with E-state index in [1.165, 1.54) is 6.20 Å². The molecule has 0 bridgehead atoms. The number of H-pyrrole nitrogens is 1. The Morgan fingerprint density at radius 3 is 2.93 bits per heavy atom. The molecule has 0 aromatic carbocycles. The number of nitrogens with zero attached hydrogens (tertiary/aromatic N) is 1. The lowest BCUT2D eigenvalue weighted by Gasteiger charge is -2.04. The van der Waals surface area contributed by atoms with Gasteiger partial charge < -0.3 is 14.5 Å². The van der Waals surface area contributed by atoms with Crippen molar-refractivity contribution in [2.75, 3.05) is 6.61 Å². The molecule has 0 saturated carbocycles. The quantitative estimate of drug-likeness (QED) is 0.742. The van der Waals surface area contributed by atoms with Crippen LogP contribution in [0.15, 0.2) is 6.20 Å². The van der Waals surface area contributed by atoms with E-state index < -0.39 is 5.97 Å². The normalized spacial score (nSPS) is 10.3. The first-order chi connectivity index (χ1) is 6.63. The van der Waals surface area contributed by atoms with Gasteiger partial charge in [-0.15, -0.1) is 0 Å². The van der Waals surface area contributed by atoms with Gasteiger partial charge in [0.2, 0.25) is 0 Å². The molecule has 5 heteroatoms. The minimum atomic E-state index is -0.418. The molecular formula is C9H14N2O3. The van der Waals surface area contributed by atoms with Gasteiger partial charge in [0.15, 0.2) is 0 Å². The zero-order valence-corrected chi connectivity index (χ0v) is 8.53. The SMILES string of the molecule is CCOC(=O)c1cnc(OC(C)C)[nH]1. The minimum Gasteiger partial charge on any atom is -0.462 e. The van der Waals surface area contributed by atoms with E-state index in [2.05, 4.69) is 9.97 Å². The Labute approximate surface area is 82.4 Å². The predicted octanol–water partition coefficient (Wildman–Crippen LogP) is 1.37. The molecule has 0 unspecified atom stereocenters. The van der Waals surface area contributed by atoms with E-state index in [9.17, 15) is 4.79 Å². The molecule has 0 aliphatic rings. The van der Waals surface area contributed by atoms with Crippen LogP contribution in [0.3, 0.4) is 0 Å². The highest BCUT2D eigenvalue weighted by Crippen LogP contribution is 2.07. The predicted molar refractivity (Wildman–Crippen MR) is 50.3 cm³/mol. The van der Waals surface area contributed by atoms with Gasteiger partial charge in [0, 0.05) is 0 Å². The monoisotopic (exact) mass is 198 g/mol. The van der Waals surface area contributed by atoms with Crippen molar-refractivity contribution in [2.24, 2.45) is 0 Å². The fourth-order valence-corrected chi connectivity index (χ4v) is 0.899. The number of nitrogens with one attached hydrogen (secondary N) is 1. The third-order valence-corrected chi connectivity index (χ3v) is 1.40. The molecule has 0 radical (unpaired) electrons. The molecular weight excluding hydrogens is 184 g/mol. The van der Waals surface area contributed by atoms with Crippen LogP contribution >= 0.6 is 0 Å². The highest BCUT2D eigenvalue weighted by atomic mass is 16.5. The lowest BCUT2D eigenvalue weighted by molar-refractivity contribution is 0.0519. The summed E-state index contributed by atoms with van der Waals surface area (Å²) in [6.45, 7) is 5.86. The molecule has 1 rings (SSSR count). The van der Waals surface area contributed by atoms with Gasteiger partial charge in [-0.25, -0.2) is 9.78 Å². The van der Waals surface area contributed by atoms with E-state index in [1.54, 1.807) is 6.92 Å². The number of esters is 1. The average Bonchev–Trinajstić information content (AvgIpc) is 2.52. The molecule has 78 valence electrons. The number of hydrogen-bond acceptors (Lipinski definition) is 4. The number of carbonyl (C=O) groups excluding carboxylic acids is 1. The Kier molecular flexibility index (Phi) is 3.50. The summed E-state index contributed by atoms with van der Waals surface area (Å²) in [7, 11) is 0. The Balaban J connectivity index is 2.63. The van der Waals surface area contributed by atoms with Crippen molar-refractivity contribution in [1.29, 1.82) is 0 Å². The van der Waals surface area contributed by atoms with E-state index in [-0.39, 0.29) is 6.10 Å². The molecule has 0 aliphatic heterocycles. The Hall–Kier alpha value is -1.52. The van der Waals surface area contributed by atoms with Gasteiger partial charge in [-0.1, -0.05) is 0 Å². The van der Waals surface area contributed by atoms with E-state index >= 15 is 0 Å². The summed E-state index contributed by atoms with van der Waals surface area (Å²) in [4.78, 5) is 17.8. The van der Waals surface area contributed by atoms with Crippen molar-refractivity contribution < 1.29 is 14.3 Å². The number of aromatic nitrogens is 2. The lowest BCUT2D eigenvalue weighted by atomic mass is 10.5. The maximum atomic E-state index is 11.2. The van der Waals surface area contributed by atoms with Crippen molar-refractivity contribution >= 4 is 5.97 Å². The maximum absolute atomic E-state index is 11.2. The van der Waals surface area contributed by atoms with Gasteiger partial charge in [-0.05, 0) is 20.8 Å². The van der Waals surface area contributed by atoms with Crippen LogP contribution in [0.1, 0.15) is 31.3 Å². The Bertz CT molecular complexity index is 307. The summed E-state index contributed by atoms with van der Waals surface area (Å²) in [5.41, 5.74) is 0.308. The minimum absolute atomic E-state index is 0.0243. The molecule has 0 atom stereocenters. The molecule has 14 heavy (non-hydrogen) atoms. The van der Waals surface area contributed by atoms with Crippen LogP contribution in [0.2, 0.25) is 0 Å². The van der Waals surface area contributed by atoms with Crippen molar-refractivity contribution in [3.05, 3.63) is 11.9 Å². The van der Waals surface area contributed by atoms with Gasteiger partial charge in [-0.3, -0.25) is 0 Å². The van der Waals surface area contributed by atoms with E-state index in [0.29, 0.717) is 18.3 Å². The molecule has 5 nitrogen and oxygen atoms in total. The van der Waals surface area contributed by atoms with E-state index in [4.69, 9.17) is 9.47 Å². The number of carbonyl (C=O) groups is 1. The molecule has 0 fully saturated rings. The Morgan fingerprint density at radius 1 is 1.64 bits per heavy atom. The third kappa shape index (κ3) is 2.76. The van der Waals surface area contributed by atoms with Crippen LogP contribution in [0, 0.1) is 0 Å². The molecule has 1 aromatic heterocycles. The van der Waals surface area contributed by atoms with Crippen molar-refractivity contribution in [3.8, 4) is 6.01 Å².